The largest absolute Gasteiger partial charge is 0.339 e. The summed E-state index contributed by atoms with van der Waals surface area (Å²) < 4.78 is 5.39. The Morgan fingerprint density at radius 2 is 2.12 bits per heavy atom. The van der Waals surface area contributed by atoms with Gasteiger partial charge >= 0.3 is 0 Å². The first-order chi connectivity index (χ1) is 7.47. The molecule has 1 aromatic heterocycles. The van der Waals surface area contributed by atoms with Crippen molar-refractivity contribution in [2.24, 2.45) is 0 Å². The van der Waals surface area contributed by atoms with Gasteiger partial charge in [-0.1, -0.05) is 25.9 Å². The summed E-state index contributed by atoms with van der Waals surface area (Å²) in [6.45, 7) is 9.55. The average molecular weight is 223 g/mol. The topological polar surface area (TPSA) is 51.0 Å². The van der Waals surface area contributed by atoms with Gasteiger partial charge in [-0.2, -0.15) is 4.98 Å². The summed E-state index contributed by atoms with van der Waals surface area (Å²) in [5.41, 5.74) is -0.0275. The number of rotatable bonds is 1. The summed E-state index contributed by atoms with van der Waals surface area (Å²) in [6.07, 6.45) is 2.18. The number of nitrogens with zero attached hydrogens (tertiary/aromatic N) is 2. The molecule has 1 N–H and O–H groups in total. The van der Waals surface area contributed by atoms with Crippen LogP contribution in [0.4, 0.5) is 0 Å². The monoisotopic (exact) mass is 223 g/mol. The number of hydrogen-bond acceptors (Lipinski definition) is 4. The van der Waals surface area contributed by atoms with E-state index in [0.717, 1.165) is 31.1 Å². The van der Waals surface area contributed by atoms with E-state index >= 15 is 0 Å². The Hall–Kier alpha value is -0.900. The highest BCUT2D eigenvalue weighted by atomic mass is 16.5. The molecule has 0 saturated carbocycles. The number of aromatic nitrogens is 2. The first kappa shape index (κ1) is 11.6. The van der Waals surface area contributed by atoms with E-state index in [1.165, 1.54) is 0 Å². The van der Waals surface area contributed by atoms with E-state index in [9.17, 15) is 0 Å². The number of nitrogens with one attached hydrogen (secondary N) is 1. The molecule has 0 aliphatic carbocycles. The summed E-state index contributed by atoms with van der Waals surface area (Å²) in [4.78, 5) is 4.53. The molecule has 2 rings (SSSR count). The third-order valence-corrected chi connectivity index (χ3v) is 3.09. The molecule has 1 saturated heterocycles. The lowest BCUT2D eigenvalue weighted by Gasteiger charge is -2.25. The van der Waals surface area contributed by atoms with Crippen molar-refractivity contribution in [3.05, 3.63) is 11.7 Å². The van der Waals surface area contributed by atoms with Gasteiger partial charge in [0.2, 0.25) is 5.89 Å². The zero-order chi connectivity index (χ0) is 11.8. The molecule has 1 fully saturated rings. The molecule has 0 amide bonds. The van der Waals surface area contributed by atoms with E-state index in [-0.39, 0.29) is 5.41 Å². The molecule has 0 aromatic carbocycles. The lowest BCUT2D eigenvalue weighted by molar-refractivity contribution is 0.292. The van der Waals surface area contributed by atoms with Gasteiger partial charge < -0.3 is 9.84 Å². The van der Waals surface area contributed by atoms with E-state index in [1.807, 2.05) is 0 Å². The van der Waals surface area contributed by atoms with Crippen LogP contribution < -0.4 is 5.32 Å². The van der Waals surface area contributed by atoms with E-state index < -0.39 is 0 Å². The van der Waals surface area contributed by atoms with Crippen molar-refractivity contribution in [2.45, 2.75) is 57.9 Å². The maximum Gasteiger partial charge on any atom is 0.229 e. The van der Waals surface area contributed by atoms with Crippen LogP contribution in [0.25, 0.3) is 0 Å². The predicted octanol–water partition coefficient (Wildman–Crippen LogP) is 2.22. The lowest BCUT2D eigenvalue weighted by Crippen LogP contribution is -2.35. The van der Waals surface area contributed by atoms with E-state index in [1.54, 1.807) is 0 Å². The number of hydrogen-bond donors (Lipinski definition) is 1. The van der Waals surface area contributed by atoms with Gasteiger partial charge in [0.15, 0.2) is 5.82 Å². The quantitative estimate of drug-likeness (QED) is 0.793. The molecular formula is C12H21N3O. The van der Waals surface area contributed by atoms with Crippen LogP contribution >= 0.6 is 0 Å². The van der Waals surface area contributed by atoms with Gasteiger partial charge in [0.05, 0.1) is 0 Å². The highest BCUT2D eigenvalue weighted by molar-refractivity contribution is 5.04. The predicted molar refractivity (Wildman–Crippen MR) is 62.4 cm³/mol. The molecule has 0 spiro atoms. The van der Waals surface area contributed by atoms with Crippen molar-refractivity contribution >= 4 is 0 Å². The summed E-state index contributed by atoms with van der Waals surface area (Å²) >= 11 is 0. The van der Waals surface area contributed by atoms with Gasteiger partial charge in [0.25, 0.3) is 0 Å². The molecule has 1 aliphatic heterocycles. The summed E-state index contributed by atoms with van der Waals surface area (Å²) in [5.74, 6) is 2.06. The fraction of sp³-hybridized carbons (Fsp3) is 0.833. The maximum absolute atomic E-state index is 5.39. The second-order valence-corrected chi connectivity index (χ2v) is 5.78. The Labute approximate surface area is 96.8 Å². The van der Waals surface area contributed by atoms with Crippen LogP contribution in [-0.4, -0.2) is 22.7 Å². The molecule has 0 bridgehead atoms. The summed E-state index contributed by atoms with van der Waals surface area (Å²) in [7, 11) is 0. The molecule has 90 valence electrons. The lowest BCUT2D eigenvalue weighted by atomic mass is 9.92. The van der Waals surface area contributed by atoms with Crippen LogP contribution in [0.5, 0.6) is 0 Å². The smallest absolute Gasteiger partial charge is 0.229 e. The SMILES string of the molecule is CC1CC(c2nc(C(C)(C)C)no2)CCN1. The summed E-state index contributed by atoms with van der Waals surface area (Å²) in [6, 6.07) is 0.545. The minimum absolute atomic E-state index is 0.0275. The van der Waals surface area contributed by atoms with E-state index in [0.29, 0.717) is 12.0 Å². The van der Waals surface area contributed by atoms with Crippen LogP contribution in [0.15, 0.2) is 4.52 Å². The van der Waals surface area contributed by atoms with Gasteiger partial charge in [-0.25, -0.2) is 0 Å². The van der Waals surface area contributed by atoms with Gasteiger partial charge in [0, 0.05) is 17.4 Å². The third kappa shape index (κ3) is 2.43. The van der Waals surface area contributed by atoms with Crippen LogP contribution in [0.3, 0.4) is 0 Å². The van der Waals surface area contributed by atoms with Gasteiger partial charge in [-0.15, -0.1) is 0 Å². The fourth-order valence-electron chi connectivity index (χ4n) is 2.06. The summed E-state index contributed by atoms with van der Waals surface area (Å²) in [5, 5.41) is 7.51. The first-order valence-corrected chi connectivity index (χ1v) is 6.04. The minimum Gasteiger partial charge on any atom is -0.339 e. The van der Waals surface area contributed by atoms with Crippen molar-refractivity contribution < 1.29 is 4.52 Å². The Kier molecular flexibility index (Phi) is 3.02. The van der Waals surface area contributed by atoms with Crippen molar-refractivity contribution in [1.29, 1.82) is 0 Å². The second kappa shape index (κ2) is 4.17. The first-order valence-electron chi connectivity index (χ1n) is 6.04. The fourth-order valence-corrected chi connectivity index (χ4v) is 2.06. The van der Waals surface area contributed by atoms with Crippen molar-refractivity contribution in [1.82, 2.24) is 15.5 Å². The zero-order valence-corrected chi connectivity index (χ0v) is 10.6. The molecule has 16 heavy (non-hydrogen) atoms. The highest BCUT2D eigenvalue weighted by Gasteiger charge is 2.27. The molecule has 1 aliphatic rings. The standard InChI is InChI=1S/C12H21N3O/c1-8-7-9(5-6-13-8)10-14-11(15-16-10)12(2,3)4/h8-9,13H,5-7H2,1-4H3. The van der Waals surface area contributed by atoms with Crippen molar-refractivity contribution in [3.63, 3.8) is 0 Å². The van der Waals surface area contributed by atoms with Crippen LogP contribution in [0, 0.1) is 0 Å². The Bertz CT molecular complexity index is 353. The third-order valence-electron chi connectivity index (χ3n) is 3.09. The number of piperidine rings is 1. The Morgan fingerprint density at radius 1 is 1.38 bits per heavy atom. The minimum atomic E-state index is -0.0275. The van der Waals surface area contributed by atoms with Crippen LogP contribution in [-0.2, 0) is 5.41 Å². The zero-order valence-electron chi connectivity index (χ0n) is 10.6. The Balaban J connectivity index is 2.12. The molecule has 2 heterocycles. The van der Waals surface area contributed by atoms with E-state index in [2.05, 4.69) is 43.2 Å². The molecule has 2 atom stereocenters. The molecule has 2 unspecified atom stereocenters. The molecule has 0 radical (unpaired) electrons. The Morgan fingerprint density at radius 3 is 2.69 bits per heavy atom. The van der Waals surface area contributed by atoms with Crippen molar-refractivity contribution in [2.75, 3.05) is 6.54 Å². The van der Waals surface area contributed by atoms with Gasteiger partial charge in [-0.3, -0.25) is 0 Å². The molecular weight excluding hydrogens is 202 g/mol. The second-order valence-electron chi connectivity index (χ2n) is 5.78. The van der Waals surface area contributed by atoms with E-state index in [4.69, 9.17) is 4.52 Å². The van der Waals surface area contributed by atoms with Gasteiger partial charge in [0.1, 0.15) is 0 Å². The average Bonchev–Trinajstić information content (AvgIpc) is 2.65. The molecule has 4 heteroatoms. The van der Waals surface area contributed by atoms with Crippen LogP contribution in [0.1, 0.15) is 58.2 Å². The molecule has 1 aromatic rings. The van der Waals surface area contributed by atoms with Crippen LogP contribution in [0.2, 0.25) is 0 Å². The van der Waals surface area contributed by atoms with Gasteiger partial charge in [-0.05, 0) is 26.3 Å². The highest BCUT2D eigenvalue weighted by Crippen LogP contribution is 2.28. The van der Waals surface area contributed by atoms with Crippen molar-refractivity contribution in [3.8, 4) is 0 Å². The molecule has 4 nitrogen and oxygen atoms in total. The normalized spacial score (nSPS) is 27.0. The maximum atomic E-state index is 5.39.